The maximum atomic E-state index is 12.9. The largest absolute Gasteiger partial charge is 0.478 e. The third-order valence-electron chi connectivity index (χ3n) is 3.57. The van der Waals surface area contributed by atoms with Crippen molar-refractivity contribution in [1.82, 2.24) is 4.31 Å². The van der Waals surface area contributed by atoms with Crippen LogP contribution in [0.15, 0.2) is 23.1 Å². The molecule has 0 amide bonds. The Morgan fingerprint density at radius 1 is 1.38 bits per heavy atom. The van der Waals surface area contributed by atoms with E-state index < -0.39 is 21.5 Å². The average Bonchev–Trinajstić information content (AvgIpc) is 2.37. The summed E-state index contributed by atoms with van der Waals surface area (Å²) in [5.41, 5.74) is -0.171. The molecule has 0 bridgehead atoms. The number of carbonyl (C=O) groups is 1. The van der Waals surface area contributed by atoms with Crippen LogP contribution in [0.3, 0.4) is 0 Å². The number of hydrogen-bond acceptors (Lipinski definition) is 4. The van der Waals surface area contributed by atoms with Crippen molar-refractivity contribution in [3.63, 3.8) is 0 Å². The van der Waals surface area contributed by atoms with Crippen molar-refractivity contribution in [2.45, 2.75) is 31.2 Å². The van der Waals surface area contributed by atoms with Gasteiger partial charge in [-0.1, -0.05) is 6.07 Å². The molecule has 2 rings (SSSR count). The fourth-order valence-electron chi connectivity index (χ4n) is 2.42. The molecule has 1 heterocycles. The first-order valence-corrected chi connectivity index (χ1v) is 8.05. The van der Waals surface area contributed by atoms with Gasteiger partial charge < -0.3 is 9.84 Å². The van der Waals surface area contributed by atoms with Crippen molar-refractivity contribution in [3.8, 4) is 0 Å². The van der Waals surface area contributed by atoms with E-state index in [1.54, 1.807) is 20.8 Å². The number of rotatable bonds is 3. The highest BCUT2D eigenvalue weighted by molar-refractivity contribution is 7.89. The van der Waals surface area contributed by atoms with E-state index in [2.05, 4.69) is 0 Å². The lowest BCUT2D eigenvalue weighted by molar-refractivity contribution is -0.00772. The highest BCUT2D eigenvalue weighted by Crippen LogP contribution is 2.29. The van der Waals surface area contributed by atoms with Gasteiger partial charge in [-0.3, -0.25) is 0 Å². The zero-order valence-corrected chi connectivity index (χ0v) is 13.1. The van der Waals surface area contributed by atoms with Crippen LogP contribution in [-0.2, 0) is 14.8 Å². The Kier molecular flexibility index (Phi) is 4.10. The first-order valence-electron chi connectivity index (χ1n) is 6.61. The molecule has 0 unspecified atom stereocenters. The molecule has 0 aliphatic carbocycles. The van der Waals surface area contributed by atoms with Crippen LogP contribution in [0.1, 0.15) is 29.8 Å². The number of ether oxygens (including phenoxy) is 1. The molecular weight excluding hydrogens is 294 g/mol. The highest BCUT2D eigenvalue weighted by Gasteiger charge is 2.40. The van der Waals surface area contributed by atoms with Gasteiger partial charge in [-0.15, -0.1) is 0 Å². The zero-order valence-electron chi connectivity index (χ0n) is 12.3. The Bertz CT molecular complexity index is 666. The molecule has 1 N–H and O–H groups in total. The fourth-order valence-corrected chi connectivity index (χ4v) is 4.43. The van der Waals surface area contributed by atoms with Crippen molar-refractivity contribution >= 4 is 16.0 Å². The van der Waals surface area contributed by atoms with Crippen LogP contribution in [0.2, 0.25) is 0 Å². The Morgan fingerprint density at radius 2 is 2.05 bits per heavy atom. The first-order chi connectivity index (χ1) is 9.66. The Balaban J connectivity index is 2.53. The first kappa shape index (κ1) is 15.9. The molecule has 1 aromatic carbocycles. The third-order valence-corrected chi connectivity index (χ3v) is 5.83. The van der Waals surface area contributed by atoms with Gasteiger partial charge in [0.2, 0.25) is 10.0 Å². The van der Waals surface area contributed by atoms with Crippen molar-refractivity contribution in [2.24, 2.45) is 0 Å². The molecule has 6 nitrogen and oxygen atoms in total. The monoisotopic (exact) mass is 313 g/mol. The topological polar surface area (TPSA) is 83.9 Å². The summed E-state index contributed by atoms with van der Waals surface area (Å²) in [5.74, 6) is -1.15. The number of carboxylic acids is 1. The molecule has 0 radical (unpaired) electrons. The summed E-state index contributed by atoms with van der Waals surface area (Å²) < 4.78 is 32.5. The van der Waals surface area contributed by atoms with E-state index in [0.717, 1.165) is 0 Å². The Morgan fingerprint density at radius 3 is 2.62 bits per heavy atom. The van der Waals surface area contributed by atoms with Gasteiger partial charge in [0.05, 0.1) is 29.2 Å². The molecule has 1 aromatic rings. The van der Waals surface area contributed by atoms with Crippen LogP contribution in [0.25, 0.3) is 0 Å². The number of hydrogen-bond donors (Lipinski definition) is 1. The second kappa shape index (κ2) is 5.40. The lowest BCUT2D eigenvalue weighted by Crippen LogP contribution is -2.55. The molecule has 0 atom stereocenters. The summed E-state index contributed by atoms with van der Waals surface area (Å²) in [6.07, 6.45) is 0. The van der Waals surface area contributed by atoms with Crippen molar-refractivity contribution in [1.29, 1.82) is 0 Å². The molecule has 1 fully saturated rings. The van der Waals surface area contributed by atoms with E-state index in [-0.39, 0.29) is 17.0 Å². The standard InChI is InChI=1S/C14H19NO5S/c1-10-4-5-11(13(16)17)8-12(10)21(18,19)15-6-7-20-9-14(15,2)3/h4-5,8H,6-7,9H2,1-3H3,(H,16,17). The molecule has 1 aliphatic heterocycles. The van der Waals surface area contributed by atoms with Crippen LogP contribution >= 0.6 is 0 Å². The van der Waals surface area contributed by atoms with Crippen LogP contribution in [-0.4, -0.2) is 49.1 Å². The molecule has 1 aliphatic rings. The molecule has 116 valence electrons. The Hall–Kier alpha value is -1.44. The van der Waals surface area contributed by atoms with E-state index >= 15 is 0 Å². The Labute approximate surface area is 124 Å². The maximum Gasteiger partial charge on any atom is 0.335 e. The molecule has 0 aromatic heterocycles. The van der Waals surface area contributed by atoms with Crippen molar-refractivity contribution in [3.05, 3.63) is 29.3 Å². The van der Waals surface area contributed by atoms with Gasteiger partial charge in [0.15, 0.2) is 0 Å². The summed E-state index contributed by atoms with van der Waals surface area (Å²) in [5, 5.41) is 9.05. The van der Waals surface area contributed by atoms with Crippen LogP contribution in [0.5, 0.6) is 0 Å². The molecule has 7 heteroatoms. The minimum atomic E-state index is -3.77. The second-order valence-corrected chi connectivity index (χ2v) is 7.56. The summed E-state index contributed by atoms with van der Waals surface area (Å²) in [6.45, 7) is 6.14. The SMILES string of the molecule is Cc1ccc(C(=O)O)cc1S(=O)(=O)N1CCOCC1(C)C. The van der Waals surface area contributed by atoms with Gasteiger partial charge in [0, 0.05) is 6.54 Å². The third kappa shape index (κ3) is 2.95. The minimum Gasteiger partial charge on any atom is -0.478 e. The number of nitrogens with zero attached hydrogens (tertiary/aromatic N) is 1. The molecule has 0 saturated carbocycles. The lowest BCUT2D eigenvalue weighted by Gasteiger charge is -2.41. The number of aromatic carboxylic acids is 1. The van der Waals surface area contributed by atoms with E-state index in [9.17, 15) is 13.2 Å². The molecule has 21 heavy (non-hydrogen) atoms. The number of carboxylic acid groups (broad SMARTS) is 1. The quantitative estimate of drug-likeness (QED) is 0.914. The lowest BCUT2D eigenvalue weighted by atomic mass is 10.1. The summed E-state index contributed by atoms with van der Waals surface area (Å²) >= 11 is 0. The van der Waals surface area contributed by atoms with Crippen LogP contribution in [0, 0.1) is 6.92 Å². The maximum absolute atomic E-state index is 12.9. The van der Waals surface area contributed by atoms with Crippen LogP contribution in [0.4, 0.5) is 0 Å². The molecular formula is C14H19NO5S. The number of benzene rings is 1. The number of morpholine rings is 1. The van der Waals surface area contributed by atoms with Gasteiger partial charge in [-0.05, 0) is 38.5 Å². The predicted octanol–water partition coefficient (Wildman–Crippen LogP) is 1.49. The number of sulfonamides is 1. The summed E-state index contributed by atoms with van der Waals surface area (Å²) in [7, 11) is -3.77. The van der Waals surface area contributed by atoms with Gasteiger partial charge in [-0.25, -0.2) is 13.2 Å². The summed E-state index contributed by atoms with van der Waals surface area (Å²) in [4.78, 5) is 11.1. The van der Waals surface area contributed by atoms with E-state index in [0.29, 0.717) is 18.8 Å². The second-order valence-electron chi connectivity index (χ2n) is 5.73. The van der Waals surface area contributed by atoms with Gasteiger partial charge in [0.1, 0.15) is 0 Å². The highest BCUT2D eigenvalue weighted by atomic mass is 32.2. The van der Waals surface area contributed by atoms with Gasteiger partial charge in [-0.2, -0.15) is 4.31 Å². The minimum absolute atomic E-state index is 0.0368. The van der Waals surface area contributed by atoms with E-state index in [1.165, 1.54) is 22.5 Å². The van der Waals surface area contributed by atoms with Gasteiger partial charge >= 0.3 is 5.97 Å². The van der Waals surface area contributed by atoms with E-state index in [4.69, 9.17) is 9.84 Å². The fraction of sp³-hybridized carbons (Fsp3) is 0.500. The molecule has 1 saturated heterocycles. The number of aryl methyl sites for hydroxylation is 1. The smallest absolute Gasteiger partial charge is 0.335 e. The van der Waals surface area contributed by atoms with Crippen LogP contribution < -0.4 is 0 Å². The normalized spacial score (nSPS) is 19.4. The van der Waals surface area contributed by atoms with E-state index in [1.807, 2.05) is 0 Å². The zero-order chi connectivity index (χ0) is 15.8. The van der Waals surface area contributed by atoms with Crippen molar-refractivity contribution in [2.75, 3.05) is 19.8 Å². The van der Waals surface area contributed by atoms with Gasteiger partial charge in [0.25, 0.3) is 0 Å². The van der Waals surface area contributed by atoms with Crippen molar-refractivity contribution < 1.29 is 23.1 Å². The molecule has 0 spiro atoms. The average molecular weight is 313 g/mol. The summed E-state index contributed by atoms with van der Waals surface area (Å²) in [6, 6.07) is 4.14. The predicted molar refractivity (Wildman–Crippen MR) is 76.9 cm³/mol.